The first kappa shape index (κ1) is 19.5. The van der Waals surface area contributed by atoms with Gasteiger partial charge in [-0.2, -0.15) is 5.26 Å². The van der Waals surface area contributed by atoms with Crippen LogP contribution in [-0.4, -0.2) is 26.6 Å². The van der Waals surface area contributed by atoms with Crippen molar-refractivity contribution in [3.63, 3.8) is 0 Å². The zero-order valence-corrected chi connectivity index (χ0v) is 16.5. The Kier molecular flexibility index (Phi) is 4.66. The van der Waals surface area contributed by atoms with Gasteiger partial charge in [0.05, 0.1) is 30.3 Å². The van der Waals surface area contributed by atoms with Crippen molar-refractivity contribution in [3.05, 3.63) is 65.6 Å². The fraction of sp³-hybridized carbons (Fsp3) is 0.182. The second-order valence-corrected chi connectivity index (χ2v) is 6.93. The fourth-order valence-corrected chi connectivity index (χ4v) is 3.22. The summed E-state index contributed by atoms with van der Waals surface area (Å²) in [7, 11) is 1.53. The van der Waals surface area contributed by atoms with Gasteiger partial charge < -0.3 is 4.74 Å². The molecule has 0 bridgehead atoms. The molecule has 0 unspecified atom stereocenters. The second-order valence-electron chi connectivity index (χ2n) is 6.93. The first-order valence-electron chi connectivity index (χ1n) is 9.09. The SMILES string of the molecule is COc1ccc(-n2c(-c3ccc(C)cn3)c(C#N)c3cc(C(C)(F)F)cnc32)nc1. The first-order valence-corrected chi connectivity index (χ1v) is 9.09. The highest BCUT2D eigenvalue weighted by molar-refractivity contribution is 5.93. The summed E-state index contributed by atoms with van der Waals surface area (Å²) in [6, 6.07) is 10.5. The van der Waals surface area contributed by atoms with Crippen LogP contribution in [0.15, 0.2) is 48.9 Å². The summed E-state index contributed by atoms with van der Waals surface area (Å²) in [5, 5.41) is 10.2. The minimum Gasteiger partial charge on any atom is -0.495 e. The number of aromatic nitrogens is 4. The number of pyridine rings is 3. The van der Waals surface area contributed by atoms with Crippen molar-refractivity contribution in [2.75, 3.05) is 7.11 Å². The average molecular weight is 405 g/mol. The molecule has 0 fully saturated rings. The monoisotopic (exact) mass is 405 g/mol. The van der Waals surface area contributed by atoms with Crippen LogP contribution in [0.25, 0.3) is 28.2 Å². The number of alkyl halides is 2. The fourth-order valence-electron chi connectivity index (χ4n) is 3.22. The molecule has 4 aromatic heterocycles. The third-order valence-electron chi connectivity index (χ3n) is 4.77. The molecule has 0 aliphatic carbocycles. The number of aryl methyl sites for hydroxylation is 1. The van der Waals surface area contributed by atoms with Crippen molar-refractivity contribution < 1.29 is 13.5 Å². The van der Waals surface area contributed by atoms with Gasteiger partial charge in [-0.15, -0.1) is 0 Å². The van der Waals surface area contributed by atoms with Crippen LogP contribution >= 0.6 is 0 Å². The Morgan fingerprint density at radius 2 is 1.87 bits per heavy atom. The quantitative estimate of drug-likeness (QED) is 0.488. The zero-order valence-electron chi connectivity index (χ0n) is 16.5. The number of ether oxygens (including phenoxy) is 1. The van der Waals surface area contributed by atoms with E-state index in [4.69, 9.17) is 4.74 Å². The summed E-state index contributed by atoms with van der Waals surface area (Å²) in [5.41, 5.74) is 2.18. The van der Waals surface area contributed by atoms with Crippen LogP contribution in [0.2, 0.25) is 0 Å². The van der Waals surface area contributed by atoms with Gasteiger partial charge in [-0.3, -0.25) is 9.55 Å². The topological polar surface area (TPSA) is 76.6 Å². The number of hydrogen-bond acceptors (Lipinski definition) is 5. The van der Waals surface area contributed by atoms with Crippen molar-refractivity contribution in [3.8, 4) is 29.0 Å². The molecular weight excluding hydrogens is 388 g/mol. The summed E-state index contributed by atoms with van der Waals surface area (Å²) < 4.78 is 34.7. The van der Waals surface area contributed by atoms with Crippen LogP contribution < -0.4 is 4.74 Å². The van der Waals surface area contributed by atoms with Gasteiger partial charge in [-0.05, 0) is 36.8 Å². The Bertz CT molecular complexity index is 1270. The van der Waals surface area contributed by atoms with E-state index in [-0.39, 0.29) is 11.1 Å². The maximum absolute atomic E-state index is 13.9. The van der Waals surface area contributed by atoms with E-state index >= 15 is 0 Å². The van der Waals surface area contributed by atoms with E-state index in [2.05, 4.69) is 21.0 Å². The minimum atomic E-state index is -3.09. The Balaban J connectivity index is 2.09. The van der Waals surface area contributed by atoms with Crippen molar-refractivity contribution in [1.29, 1.82) is 5.26 Å². The molecule has 0 aliphatic rings. The molecule has 4 heterocycles. The highest BCUT2D eigenvalue weighted by atomic mass is 19.3. The molecule has 0 saturated heterocycles. The molecule has 8 heteroatoms. The number of halogens is 2. The summed E-state index contributed by atoms with van der Waals surface area (Å²) >= 11 is 0. The molecule has 4 aromatic rings. The number of hydrogen-bond donors (Lipinski definition) is 0. The van der Waals surface area contributed by atoms with Crippen molar-refractivity contribution in [1.82, 2.24) is 19.5 Å². The maximum atomic E-state index is 13.9. The van der Waals surface area contributed by atoms with Crippen molar-refractivity contribution in [2.24, 2.45) is 0 Å². The van der Waals surface area contributed by atoms with Gasteiger partial charge in [0.1, 0.15) is 23.3 Å². The molecule has 0 atom stereocenters. The number of methoxy groups -OCH3 is 1. The van der Waals surface area contributed by atoms with E-state index in [1.807, 2.05) is 13.0 Å². The standard InChI is InChI=1S/C22H17F2N5O/c1-13-4-6-18(26-10-13)20-17(9-25)16-8-14(22(2,23)24)11-28-21(16)29(20)19-7-5-15(30-3)12-27-19/h4-8,10-12H,1-3H3. The molecule has 0 radical (unpaired) electrons. The lowest BCUT2D eigenvalue weighted by molar-refractivity contribution is 0.0173. The molecule has 30 heavy (non-hydrogen) atoms. The Labute approximate surface area is 171 Å². The molecule has 0 N–H and O–H groups in total. The molecule has 0 saturated carbocycles. The molecule has 150 valence electrons. The zero-order chi connectivity index (χ0) is 21.5. The third kappa shape index (κ3) is 3.24. The molecular formula is C22H17F2N5O. The minimum absolute atomic E-state index is 0.206. The van der Waals surface area contributed by atoms with Gasteiger partial charge in [0.2, 0.25) is 0 Å². The lowest BCUT2D eigenvalue weighted by Crippen LogP contribution is -2.08. The van der Waals surface area contributed by atoms with Crippen LogP contribution in [0.3, 0.4) is 0 Å². The van der Waals surface area contributed by atoms with Crippen molar-refractivity contribution in [2.45, 2.75) is 19.8 Å². The Morgan fingerprint density at radius 3 is 2.43 bits per heavy atom. The number of rotatable bonds is 4. The van der Waals surface area contributed by atoms with Crippen LogP contribution in [0.4, 0.5) is 8.78 Å². The lowest BCUT2D eigenvalue weighted by atomic mass is 10.1. The molecule has 6 nitrogen and oxygen atoms in total. The number of fused-ring (bicyclic) bond motifs is 1. The predicted octanol–water partition coefficient (Wildman–Crippen LogP) is 4.78. The molecule has 0 amide bonds. The maximum Gasteiger partial charge on any atom is 0.272 e. The van der Waals surface area contributed by atoms with Crippen LogP contribution in [0.5, 0.6) is 5.75 Å². The second kappa shape index (κ2) is 7.19. The smallest absolute Gasteiger partial charge is 0.272 e. The lowest BCUT2D eigenvalue weighted by Gasteiger charge is -2.11. The van der Waals surface area contributed by atoms with Gasteiger partial charge >= 0.3 is 0 Å². The average Bonchev–Trinajstić information content (AvgIpc) is 3.07. The molecule has 0 aromatic carbocycles. The van der Waals surface area contributed by atoms with Gasteiger partial charge in [0, 0.05) is 30.3 Å². The van der Waals surface area contributed by atoms with E-state index in [1.54, 1.807) is 29.0 Å². The highest BCUT2D eigenvalue weighted by Gasteiger charge is 2.28. The number of nitrogens with zero attached hydrogens (tertiary/aromatic N) is 5. The van der Waals surface area contributed by atoms with E-state index in [1.165, 1.54) is 19.4 Å². The van der Waals surface area contributed by atoms with Crippen LogP contribution in [0.1, 0.15) is 23.6 Å². The van der Waals surface area contributed by atoms with Gasteiger partial charge in [0.15, 0.2) is 0 Å². The van der Waals surface area contributed by atoms with E-state index in [0.717, 1.165) is 18.7 Å². The summed E-state index contributed by atoms with van der Waals surface area (Å²) in [4.78, 5) is 13.1. The highest BCUT2D eigenvalue weighted by Crippen LogP contribution is 2.37. The molecule has 0 spiro atoms. The first-order chi connectivity index (χ1) is 14.3. The van der Waals surface area contributed by atoms with E-state index in [0.29, 0.717) is 34.0 Å². The molecule has 0 aliphatic heterocycles. The van der Waals surface area contributed by atoms with Crippen molar-refractivity contribution >= 4 is 11.0 Å². The predicted molar refractivity (Wildman–Crippen MR) is 108 cm³/mol. The van der Waals surface area contributed by atoms with Crippen LogP contribution in [-0.2, 0) is 5.92 Å². The largest absolute Gasteiger partial charge is 0.495 e. The summed E-state index contributed by atoms with van der Waals surface area (Å²) in [5.74, 6) is -2.06. The van der Waals surface area contributed by atoms with Crippen LogP contribution in [0, 0.1) is 18.3 Å². The third-order valence-corrected chi connectivity index (χ3v) is 4.77. The van der Waals surface area contributed by atoms with E-state index in [9.17, 15) is 14.0 Å². The van der Waals surface area contributed by atoms with E-state index < -0.39 is 5.92 Å². The van der Waals surface area contributed by atoms with Gasteiger partial charge in [0.25, 0.3) is 5.92 Å². The normalized spacial score (nSPS) is 11.5. The summed E-state index contributed by atoms with van der Waals surface area (Å²) in [6.45, 7) is 2.70. The molecule has 4 rings (SSSR count). The van der Waals surface area contributed by atoms with Gasteiger partial charge in [-0.25, -0.2) is 18.7 Å². The van der Waals surface area contributed by atoms with Gasteiger partial charge in [-0.1, -0.05) is 6.07 Å². The Hall–Kier alpha value is -3.86. The number of nitriles is 1. The summed E-state index contributed by atoms with van der Waals surface area (Å²) in [6.07, 6.45) is 4.34. The Morgan fingerprint density at radius 1 is 1.07 bits per heavy atom.